The Bertz CT molecular complexity index is 456. The van der Waals surface area contributed by atoms with E-state index < -0.39 is 0 Å². The predicted molar refractivity (Wildman–Crippen MR) is 67.7 cm³/mol. The first-order chi connectivity index (χ1) is 8.56. The van der Waals surface area contributed by atoms with Gasteiger partial charge in [-0.05, 0) is 24.4 Å². The summed E-state index contributed by atoms with van der Waals surface area (Å²) in [5.41, 5.74) is 0. The Morgan fingerprint density at radius 3 is 2.56 bits per heavy atom. The molecule has 0 aliphatic carbocycles. The standard InChI is InChI=1S/C10H13ClN4O2S/c1-6(16)12-7-2-4-15(5-3-7)9(17)8-13-14-10(11)18-8/h7H,2-5H2,1H3,(H,12,16). The Labute approximate surface area is 113 Å². The second-order valence-electron chi connectivity index (χ2n) is 4.13. The van der Waals surface area contributed by atoms with Crippen molar-refractivity contribution in [1.29, 1.82) is 0 Å². The van der Waals surface area contributed by atoms with E-state index in [1.165, 1.54) is 6.92 Å². The molecule has 1 aromatic rings. The van der Waals surface area contributed by atoms with Gasteiger partial charge in [0.05, 0.1) is 0 Å². The Morgan fingerprint density at radius 1 is 1.39 bits per heavy atom. The first-order valence-electron chi connectivity index (χ1n) is 5.61. The summed E-state index contributed by atoms with van der Waals surface area (Å²) in [6.07, 6.45) is 1.52. The molecule has 0 radical (unpaired) electrons. The lowest BCUT2D eigenvalue weighted by Crippen LogP contribution is -2.46. The van der Waals surface area contributed by atoms with Gasteiger partial charge in [0.25, 0.3) is 5.91 Å². The summed E-state index contributed by atoms with van der Waals surface area (Å²) in [5, 5.41) is 10.5. The highest BCUT2D eigenvalue weighted by atomic mass is 35.5. The lowest BCUT2D eigenvalue weighted by molar-refractivity contribution is -0.119. The molecular weight excluding hydrogens is 276 g/mol. The summed E-state index contributed by atoms with van der Waals surface area (Å²) >= 11 is 6.73. The van der Waals surface area contributed by atoms with Gasteiger partial charge in [0.2, 0.25) is 15.4 Å². The van der Waals surface area contributed by atoms with Crippen molar-refractivity contribution in [3.8, 4) is 0 Å². The number of carbonyl (C=O) groups is 2. The minimum atomic E-state index is -0.138. The molecule has 2 amide bonds. The van der Waals surface area contributed by atoms with Crippen LogP contribution < -0.4 is 5.32 Å². The van der Waals surface area contributed by atoms with Crippen LogP contribution in [0.25, 0.3) is 0 Å². The Balaban J connectivity index is 1.90. The van der Waals surface area contributed by atoms with Gasteiger partial charge in [-0.3, -0.25) is 9.59 Å². The first-order valence-corrected chi connectivity index (χ1v) is 6.81. The fourth-order valence-electron chi connectivity index (χ4n) is 1.94. The number of nitrogens with one attached hydrogen (secondary N) is 1. The zero-order valence-corrected chi connectivity index (χ0v) is 11.4. The zero-order valence-electron chi connectivity index (χ0n) is 9.85. The average Bonchev–Trinajstić information content (AvgIpc) is 2.75. The van der Waals surface area contributed by atoms with Gasteiger partial charge in [0.15, 0.2) is 0 Å². The van der Waals surface area contributed by atoms with Crippen LogP contribution in [0.3, 0.4) is 0 Å². The van der Waals surface area contributed by atoms with E-state index in [1.54, 1.807) is 4.90 Å². The maximum absolute atomic E-state index is 12.0. The zero-order chi connectivity index (χ0) is 13.1. The van der Waals surface area contributed by atoms with Crippen LogP contribution in [-0.4, -0.2) is 46.0 Å². The molecule has 2 heterocycles. The fraction of sp³-hybridized carbons (Fsp3) is 0.600. The molecule has 1 aliphatic rings. The molecule has 0 aromatic carbocycles. The summed E-state index contributed by atoms with van der Waals surface area (Å²) in [5.74, 6) is -0.170. The van der Waals surface area contributed by atoms with Crippen LogP contribution in [0.4, 0.5) is 0 Å². The summed E-state index contributed by atoms with van der Waals surface area (Å²) in [6.45, 7) is 2.72. The third-order valence-corrected chi connectivity index (χ3v) is 3.78. The molecule has 1 aliphatic heterocycles. The van der Waals surface area contributed by atoms with Crippen molar-refractivity contribution < 1.29 is 9.59 Å². The van der Waals surface area contributed by atoms with Gasteiger partial charge in [0, 0.05) is 26.1 Å². The number of halogens is 1. The van der Waals surface area contributed by atoms with Gasteiger partial charge in [-0.15, -0.1) is 10.2 Å². The minimum Gasteiger partial charge on any atom is -0.353 e. The average molecular weight is 289 g/mol. The van der Waals surface area contributed by atoms with Crippen LogP contribution in [0.2, 0.25) is 4.47 Å². The number of carbonyl (C=O) groups excluding carboxylic acids is 2. The van der Waals surface area contributed by atoms with E-state index in [1.807, 2.05) is 0 Å². The summed E-state index contributed by atoms with van der Waals surface area (Å²) in [6, 6.07) is 0.157. The molecule has 0 spiro atoms. The number of likely N-dealkylation sites (tertiary alicyclic amines) is 1. The molecule has 0 bridgehead atoms. The molecule has 98 valence electrons. The number of piperidine rings is 1. The van der Waals surface area contributed by atoms with Crippen molar-refractivity contribution >= 4 is 34.8 Å². The quantitative estimate of drug-likeness (QED) is 0.878. The fourth-order valence-corrected chi connectivity index (χ4v) is 2.74. The minimum absolute atomic E-state index is 0.0318. The highest BCUT2D eigenvalue weighted by molar-refractivity contribution is 7.17. The molecule has 18 heavy (non-hydrogen) atoms. The van der Waals surface area contributed by atoms with Gasteiger partial charge < -0.3 is 10.2 Å². The van der Waals surface area contributed by atoms with E-state index in [9.17, 15) is 9.59 Å². The normalized spacial score (nSPS) is 16.7. The lowest BCUT2D eigenvalue weighted by atomic mass is 10.1. The van der Waals surface area contributed by atoms with E-state index in [0.29, 0.717) is 18.1 Å². The van der Waals surface area contributed by atoms with Crippen LogP contribution >= 0.6 is 22.9 Å². The van der Waals surface area contributed by atoms with Crippen LogP contribution in [-0.2, 0) is 4.79 Å². The maximum Gasteiger partial charge on any atom is 0.284 e. The van der Waals surface area contributed by atoms with Gasteiger partial charge >= 0.3 is 0 Å². The molecule has 0 saturated carbocycles. The highest BCUT2D eigenvalue weighted by Crippen LogP contribution is 2.19. The molecular formula is C10H13ClN4O2S. The Morgan fingerprint density at radius 2 is 2.06 bits per heavy atom. The van der Waals surface area contributed by atoms with E-state index in [0.717, 1.165) is 24.2 Å². The smallest absolute Gasteiger partial charge is 0.284 e. The van der Waals surface area contributed by atoms with Crippen molar-refractivity contribution in [2.75, 3.05) is 13.1 Å². The molecule has 1 N–H and O–H groups in total. The molecule has 1 fully saturated rings. The van der Waals surface area contributed by atoms with Crippen molar-refractivity contribution in [3.63, 3.8) is 0 Å². The Kier molecular flexibility index (Phi) is 4.13. The molecule has 0 atom stereocenters. The molecule has 1 saturated heterocycles. The molecule has 6 nitrogen and oxygen atoms in total. The molecule has 2 rings (SSSR count). The van der Waals surface area contributed by atoms with E-state index >= 15 is 0 Å². The van der Waals surface area contributed by atoms with E-state index in [4.69, 9.17) is 11.6 Å². The van der Waals surface area contributed by atoms with Crippen LogP contribution in [0.5, 0.6) is 0 Å². The van der Waals surface area contributed by atoms with E-state index in [-0.39, 0.29) is 22.3 Å². The van der Waals surface area contributed by atoms with E-state index in [2.05, 4.69) is 15.5 Å². The second-order valence-corrected chi connectivity index (χ2v) is 5.69. The highest BCUT2D eigenvalue weighted by Gasteiger charge is 2.25. The number of nitrogens with zero attached hydrogens (tertiary/aromatic N) is 3. The van der Waals surface area contributed by atoms with Crippen LogP contribution in [0.15, 0.2) is 0 Å². The van der Waals surface area contributed by atoms with Gasteiger partial charge in [-0.25, -0.2) is 0 Å². The number of amides is 2. The van der Waals surface area contributed by atoms with Crippen LogP contribution in [0.1, 0.15) is 29.6 Å². The lowest BCUT2D eigenvalue weighted by Gasteiger charge is -2.31. The summed E-state index contributed by atoms with van der Waals surface area (Å²) in [7, 11) is 0. The summed E-state index contributed by atoms with van der Waals surface area (Å²) in [4.78, 5) is 24.7. The maximum atomic E-state index is 12.0. The monoisotopic (exact) mass is 288 g/mol. The topological polar surface area (TPSA) is 75.2 Å². The van der Waals surface area contributed by atoms with Gasteiger partial charge in [0.1, 0.15) is 0 Å². The molecule has 0 unspecified atom stereocenters. The second kappa shape index (κ2) is 5.62. The van der Waals surface area contributed by atoms with Crippen molar-refractivity contribution in [2.24, 2.45) is 0 Å². The van der Waals surface area contributed by atoms with Gasteiger partial charge in [-0.2, -0.15) is 0 Å². The Hall–Kier alpha value is -1.21. The number of aromatic nitrogens is 2. The number of hydrogen-bond donors (Lipinski definition) is 1. The number of hydrogen-bond acceptors (Lipinski definition) is 5. The van der Waals surface area contributed by atoms with Crippen molar-refractivity contribution in [3.05, 3.63) is 9.47 Å². The first kappa shape index (κ1) is 13.2. The van der Waals surface area contributed by atoms with Gasteiger partial charge in [-0.1, -0.05) is 11.3 Å². The van der Waals surface area contributed by atoms with Crippen molar-refractivity contribution in [2.45, 2.75) is 25.8 Å². The SMILES string of the molecule is CC(=O)NC1CCN(C(=O)c2nnc(Cl)s2)CC1. The molecule has 8 heteroatoms. The summed E-state index contributed by atoms with van der Waals surface area (Å²) < 4.78 is 0.270. The molecule has 1 aromatic heterocycles. The third-order valence-electron chi connectivity index (χ3n) is 2.77. The largest absolute Gasteiger partial charge is 0.353 e. The third kappa shape index (κ3) is 3.17. The predicted octanol–water partition coefficient (Wildman–Crippen LogP) is 0.932. The number of rotatable bonds is 2. The van der Waals surface area contributed by atoms with Crippen LogP contribution in [0, 0.1) is 0 Å². The van der Waals surface area contributed by atoms with Crippen molar-refractivity contribution in [1.82, 2.24) is 20.4 Å².